The van der Waals surface area contributed by atoms with Crippen LogP contribution in [0.5, 0.6) is 0 Å². The lowest BCUT2D eigenvalue weighted by molar-refractivity contribution is -0.971. The predicted molar refractivity (Wildman–Crippen MR) is 62.5 cm³/mol. The second-order valence-electron chi connectivity index (χ2n) is 4.31. The van der Waals surface area contributed by atoms with Gasteiger partial charge in [0.1, 0.15) is 0 Å². The van der Waals surface area contributed by atoms with Crippen LogP contribution in [0.4, 0.5) is 0 Å². The first-order chi connectivity index (χ1) is 7.66. The van der Waals surface area contributed by atoms with Crippen molar-refractivity contribution in [1.29, 1.82) is 0 Å². The van der Waals surface area contributed by atoms with E-state index >= 15 is 0 Å². The smallest absolute Gasteiger partial charge is 0.371 e. The molecule has 17 heavy (non-hydrogen) atoms. The molecule has 0 rings (SSSR count). The summed E-state index contributed by atoms with van der Waals surface area (Å²) in [5, 5.41) is 0. The van der Waals surface area contributed by atoms with Crippen LogP contribution in [-0.4, -0.2) is 43.5 Å². The van der Waals surface area contributed by atoms with E-state index in [1.165, 1.54) is 6.92 Å². The zero-order chi connectivity index (χ0) is 13.7. The highest BCUT2D eigenvalue weighted by atomic mass is 16.8. The number of ether oxygens (including phenoxy) is 2. The average Bonchev–Trinajstić information content (AvgIpc) is 2.15. The molecule has 0 radical (unpaired) electrons. The molecule has 0 spiro atoms. The fourth-order valence-corrected chi connectivity index (χ4v) is 0.822. The second-order valence-corrected chi connectivity index (χ2v) is 4.31. The fourth-order valence-electron chi connectivity index (χ4n) is 0.822. The summed E-state index contributed by atoms with van der Waals surface area (Å²) in [6, 6.07) is 0. The summed E-state index contributed by atoms with van der Waals surface area (Å²) in [7, 11) is 5.17. The Labute approximate surface area is 101 Å². The lowest BCUT2D eigenvalue weighted by Gasteiger charge is -2.39. The van der Waals surface area contributed by atoms with E-state index in [2.05, 4.69) is 18.9 Å². The first-order valence-corrected chi connectivity index (χ1v) is 4.92. The van der Waals surface area contributed by atoms with E-state index in [0.29, 0.717) is 0 Å². The fraction of sp³-hybridized carbons (Fsp3) is 0.417. The van der Waals surface area contributed by atoms with Gasteiger partial charge in [0.05, 0.1) is 34.1 Å². The van der Waals surface area contributed by atoms with E-state index in [9.17, 15) is 9.59 Å². The number of carbonyl (C=O) groups excluding carboxylic acids is 2. The van der Waals surface area contributed by atoms with Crippen LogP contribution in [0.2, 0.25) is 0 Å². The van der Waals surface area contributed by atoms with Crippen LogP contribution in [0.15, 0.2) is 31.0 Å². The Bertz CT molecular complexity index is 374. The van der Waals surface area contributed by atoms with E-state index in [1.54, 1.807) is 21.1 Å². The number of rotatable bonds is 5. The van der Waals surface area contributed by atoms with Crippen molar-refractivity contribution in [1.82, 2.24) is 0 Å². The largest absolute Gasteiger partial charge is 0.405 e. The van der Waals surface area contributed by atoms with Crippen molar-refractivity contribution in [2.45, 2.75) is 12.8 Å². The molecule has 5 heteroatoms. The molecule has 0 heterocycles. The Morgan fingerprint density at radius 3 is 2.06 bits per heavy atom. The standard InChI is InChI=1S/C12H18NO4/c1-7-9-11(15)17-12(3,13(4,5)6)16-10(14)8-2/h8-9H,1-2H2,3-6H3/q+1. The first kappa shape index (κ1) is 15.2. The van der Waals surface area contributed by atoms with Crippen LogP contribution in [-0.2, 0) is 19.1 Å². The van der Waals surface area contributed by atoms with E-state index in [-0.39, 0.29) is 4.48 Å². The highest BCUT2D eigenvalue weighted by molar-refractivity contribution is 5.83. The van der Waals surface area contributed by atoms with E-state index in [1.807, 2.05) is 0 Å². The van der Waals surface area contributed by atoms with Crippen molar-refractivity contribution in [2.24, 2.45) is 0 Å². The number of hydrogen-bond donors (Lipinski definition) is 0. The molecule has 5 nitrogen and oxygen atoms in total. The summed E-state index contributed by atoms with van der Waals surface area (Å²) in [4.78, 5) is 22.6. The minimum absolute atomic E-state index is 0.0866. The lowest BCUT2D eigenvalue weighted by atomic mass is 10.4. The van der Waals surface area contributed by atoms with Crippen LogP contribution in [0, 0.1) is 0 Å². The van der Waals surface area contributed by atoms with E-state index in [0.717, 1.165) is 12.2 Å². The second kappa shape index (κ2) is 5.48. The number of hydrogen-bond acceptors (Lipinski definition) is 4. The van der Waals surface area contributed by atoms with Crippen molar-refractivity contribution in [2.75, 3.05) is 21.1 Å². The molecule has 0 fully saturated rings. The zero-order valence-corrected chi connectivity index (χ0v) is 10.6. The molecule has 1 atom stereocenters. The molecule has 0 bridgehead atoms. The van der Waals surface area contributed by atoms with Crippen molar-refractivity contribution >= 4 is 11.9 Å². The summed E-state index contributed by atoms with van der Waals surface area (Å²) in [6.07, 6.45) is 2.03. The molecule has 0 aromatic rings. The highest BCUT2D eigenvalue weighted by Crippen LogP contribution is 2.22. The van der Waals surface area contributed by atoms with E-state index in [4.69, 9.17) is 9.47 Å². The Morgan fingerprint density at radius 1 is 1.24 bits per heavy atom. The molecule has 0 saturated heterocycles. The summed E-state index contributed by atoms with van der Waals surface area (Å²) in [6.45, 7) is 8.04. The van der Waals surface area contributed by atoms with Crippen molar-refractivity contribution in [3.8, 4) is 0 Å². The molecular formula is C12H18NO4+. The normalized spacial score (nSPS) is 13.9. The lowest BCUT2D eigenvalue weighted by Crippen LogP contribution is -2.59. The third-order valence-corrected chi connectivity index (χ3v) is 2.19. The van der Waals surface area contributed by atoms with Crippen LogP contribution >= 0.6 is 0 Å². The molecule has 1 unspecified atom stereocenters. The molecular weight excluding hydrogens is 222 g/mol. The van der Waals surface area contributed by atoms with Gasteiger partial charge in [-0.25, -0.2) is 9.59 Å². The number of carbonyl (C=O) groups is 2. The minimum atomic E-state index is -1.45. The van der Waals surface area contributed by atoms with Crippen LogP contribution in [0.1, 0.15) is 6.92 Å². The zero-order valence-electron chi connectivity index (χ0n) is 10.6. The van der Waals surface area contributed by atoms with Gasteiger partial charge in [-0.3, -0.25) is 4.48 Å². The Hall–Kier alpha value is -1.84. The molecule has 0 N–H and O–H groups in total. The van der Waals surface area contributed by atoms with Gasteiger partial charge in [-0.1, -0.05) is 13.2 Å². The summed E-state index contributed by atoms with van der Waals surface area (Å²) in [5.74, 6) is -2.81. The Kier molecular flexibility index (Phi) is 4.88. The summed E-state index contributed by atoms with van der Waals surface area (Å²) >= 11 is 0. The van der Waals surface area contributed by atoms with Gasteiger partial charge in [0.2, 0.25) is 0 Å². The maximum absolute atomic E-state index is 11.4. The third kappa shape index (κ3) is 4.26. The van der Waals surface area contributed by atoms with Crippen molar-refractivity contribution in [3.63, 3.8) is 0 Å². The Morgan fingerprint density at radius 2 is 1.71 bits per heavy atom. The molecule has 0 amide bonds. The molecule has 0 aliphatic carbocycles. The maximum atomic E-state index is 11.4. The predicted octanol–water partition coefficient (Wildman–Crippen LogP) is 0.980. The topological polar surface area (TPSA) is 52.6 Å². The summed E-state index contributed by atoms with van der Waals surface area (Å²) in [5.41, 5.74) is 2.29. The van der Waals surface area contributed by atoms with Gasteiger partial charge < -0.3 is 9.47 Å². The molecule has 0 aliphatic heterocycles. The van der Waals surface area contributed by atoms with E-state index < -0.39 is 17.8 Å². The quantitative estimate of drug-likeness (QED) is 0.236. The number of quaternary nitrogens is 1. The van der Waals surface area contributed by atoms with Gasteiger partial charge in [0.15, 0.2) is 0 Å². The van der Waals surface area contributed by atoms with Crippen LogP contribution in [0.3, 0.4) is 0 Å². The molecule has 0 saturated carbocycles. The van der Waals surface area contributed by atoms with Gasteiger partial charge in [-0.05, 0) is 0 Å². The van der Waals surface area contributed by atoms with Gasteiger partial charge in [-0.15, -0.1) is 5.73 Å². The minimum Gasteiger partial charge on any atom is -0.371 e. The average molecular weight is 240 g/mol. The molecule has 0 aliphatic rings. The van der Waals surface area contributed by atoms with Gasteiger partial charge >= 0.3 is 17.8 Å². The number of esters is 2. The van der Waals surface area contributed by atoms with Gasteiger partial charge in [0, 0.05) is 6.08 Å². The Balaban J connectivity index is 5.11. The van der Waals surface area contributed by atoms with Crippen LogP contribution < -0.4 is 0 Å². The monoisotopic (exact) mass is 240 g/mol. The van der Waals surface area contributed by atoms with Gasteiger partial charge in [-0.2, -0.15) is 0 Å². The molecule has 0 aromatic carbocycles. The third-order valence-electron chi connectivity index (χ3n) is 2.19. The van der Waals surface area contributed by atoms with Crippen molar-refractivity contribution < 1.29 is 23.5 Å². The molecule has 0 aromatic heterocycles. The SMILES string of the molecule is C=C=CC(=O)OC(C)(OC(=O)C=C)[N+](C)(C)C. The summed E-state index contributed by atoms with van der Waals surface area (Å²) < 4.78 is 10.3. The maximum Gasteiger partial charge on any atom is 0.405 e. The van der Waals surface area contributed by atoms with Crippen LogP contribution in [0.25, 0.3) is 0 Å². The highest BCUT2D eigenvalue weighted by Gasteiger charge is 2.46. The molecule has 94 valence electrons. The first-order valence-electron chi connectivity index (χ1n) is 4.92. The number of nitrogens with zero attached hydrogens (tertiary/aromatic N) is 1. The van der Waals surface area contributed by atoms with Gasteiger partial charge in [0.25, 0.3) is 0 Å². The van der Waals surface area contributed by atoms with Crippen molar-refractivity contribution in [3.05, 3.63) is 31.0 Å².